The lowest BCUT2D eigenvalue weighted by Gasteiger charge is -2.12. The minimum Gasteiger partial charge on any atom is -0.493 e. The minimum atomic E-state index is -0.303. The van der Waals surface area contributed by atoms with Crippen LogP contribution in [0.4, 0.5) is 17.1 Å². The van der Waals surface area contributed by atoms with Crippen LogP contribution >= 0.6 is 11.6 Å². The number of methoxy groups -OCH3 is 2. The Hall–Kier alpha value is -3.25. The summed E-state index contributed by atoms with van der Waals surface area (Å²) in [6.45, 7) is 1.90. The van der Waals surface area contributed by atoms with E-state index in [0.717, 1.165) is 16.9 Å². The molecule has 6 nitrogen and oxygen atoms in total. The summed E-state index contributed by atoms with van der Waals surface area (Å²) in [6.07, 6.45) is 1.59. The predicted molar refractivity (Wildman–Crippen MR) is 111 cm³/mol. The van der Waals surface area contributed by atoms with Gasteiger partial charge < -0.3 is 20.1 Å². The van der Waals surface area contributed by atoms with Crippen LogP contribution in [0, 0.1) is 6.92 Å². The lowest BCUT2D eigenvalue weighted by molar-refractivity contribution is 0.102. The number of hydrogen-bond acceptors (Lipinski definition) is 5. The predicted octanol–water partition coefficient (Wildman–Crippen LogP) is 5.06. The molecule has 0 fully saturated rings. The molecule has 144 valence electrons. The Bertz CT molecular complexity index is 991. The fraction of sp³-hybridized carbons (Fsp3) is 0.143. The normalized spacial score (nSPS) is 10.3. The number of ether oxygens (including phenoxy) is 2. The first-order chi connectivity index (χ1) is 13.5. The molecular weight excluding hydrogens is 378 g/mol. The molecule has 0 spiro atoms. The largest absolute Gasteiger partial charge is 0.493 e. The summed E-state index contributed by atoms with van der Waals surface area (Å²) in [5.74, 6) is 0.964. The van der Waals surface area contributed by atoms with Crippen LogP contribution in [0.2, 0.25) is 5.02 Å². The molecule has 3 rings (SSSR count). The van der Waals surface area contributed by atoms with Crippen LogP contribution in [0.25, 0.3) is 0 Å². The van der Waals surface area contributed by atoms with Crippen molar-refractivity contribution in [3.8, 4) is 11.5 Å². The lowest BCUT2D eigenvalue weighted by atomic mass is 10.2. The van der Waals surface area contributed by atoms with Gasteiger partial charge in [-0.2, -0.15) is 0 Å². The molecule has 3 aromatic rings. The molecule has 2 N–H and O–H groups in total. The minimum absolute atomic E-state index is 0.303. The summed E-state index contributed by atoms with van der Waals surface area (Å²) in [5, 5.41) is 6.60. The summed E-state index contributed by atoms with van der Waals surface area (Å²) in [7, 11) is 3.17. The Kier molecular flexibility index (Phi) is 6.01. The van der Waals surface area contributed by atoms with E-state index in [1.54, 1.807) is 44.7 Å². The molecule has 1 aromatic heterocycles. The number of hydrogen-bond donors (Lipinski definition) is 2. The zero-order valence-electron chi connectivity index (χ0n) is 15.7. The molecule has 7 heteroatoms. The molecular formula is C21H20ClN3O3. The number of carbonyl (C=O) groups is 1. The molecule has 0 unspecified atom stereocenters. The summed E-state index contributed by atoms with van der Waals surface area (Å²) in [4.78, 5) is 16.7. The van der Waals surface area contributed by atoms with E-state index in [4.69, 9.17) is 21.1 Å². The van der Waals surface area contributed by atoms with E-state index in [2.05, 4.69) is 15.6 Å². The van der Waals surface area contributed by atoms with Crippen molar-refractivity contribution in [3.05, 3.63) is 71.0 Å². The first-order valence-corrected chi connectivity index (χ1v) is 8.90. The topological polar surface area (TPSA) is 72.5 Å². The quantitative estimate of drug-likeness (QED) is 0.608. The number of pyridine rings is 1. The number of aryl methyl sites for hydroxylation is 1. The van der Waals surface area contributed by atoms with Crippen molar-refractivity contribution in [2.24, 2.45) is 0 Å². The van der Waals surface area contributed by atoms with Crippen molar-refractivity contribution in [2.75, 3.05) is 24.9 Å². The average Bonchev–Trinajstić information content (AvgIpc) is 2.71. The number of halogens is 1. The summed E-state index contributed by atoms with van der Waals surface area (Å²) in [6, 6.07) is 14.3. The maximum Gasteiger partial charge on any atom is 0.274 e. The highest BCUT2D eigenvalue weighted by atomic mass is 35.5. The fourth-order valence-corrected chi connectivity index (χ4v) is 2.77. The smallest absolute Gasteiger partial charge is 0.274 e. The van der Waals surface area contributed by atoms with E-state index in [-0.39, 0.29) is 5.91 Å². The third kappa shape index (κ3) is 4.53. The van der Waals surface area contributed by atoms with E-state index >= 15 is 0 Å². The Morgan fingerprint density at radius 3 is 2.39 bits per heavy atom. The van der Waals surface area contributed by atoms with Crippen LogP contribution in [0.5, 0.6) is 11.5 Å². The van der Waals surface area contributed by atoms with Gasteiger partial charge in [0.1, 0.15) is 5.69 Å². The summed E-state index contributed by atoms with van der Waals surface area (Å²) in [5.41, 5.74) is 3.43. The second-order valence-electron chi connectivity index (χ2n) is 6.04. The van der Waals surface area contributed by atoms with E-state index in [0.29, 0.717) is 27.9 Å². The summed E-state index contributed by atoms with van der Waals surface area (Å²) < 4.78 is 10.5. The van der Waals surface area contributed by atoms with Crippen LogP contribution in [-0.4, -0.2) is 25.1 Å². The number of nitrogens with one attached hydrogen (secondary N) is 2. The van der Waals surface area contributed by atoms with Crippen LogP contribution in [0.15, 0.2) is 54.7 Å². The van der Waals surface area contributed by atoms with Gasteiger partial charge >= 0.3 is 0 Å². The molecule has 0 aliphatic heterocycles. The number of anilines is 3. The Morgan fingerprint density at radius 1 is 0.964 bits per heavy atom. The highest BCUT2D eigenvalue weighted by molar-refractivity contribution is 6.31. The lowest BCUT2D eigenvalue weighted by Crippen LogP contribution is -2.14. The van der Waals surface area contributed by atoms with Gasteiger partial charge in [-0.1, -0.05) is 17.7 Å². The number of amides is 1. The van der Waals surface area contributed by atoms with Gasteiger partial charge in [0.15, 0.2) is 11.5 Å². The van der Waals surface area contributed by atoms with Gasteiger partial charge in [-0.25, -0.2) is 4.98 Å². The second-order valence-corrected chi connectivity index (χ2v) is 6.48. The van der Waals surface area contributed by atoms with Gasteiger partial charge in [0, 0.05) is 22.5 Å². The molecule has 0 saturated heterocycles. The Balaban J connectivity index is 1.71. The summed E-state index contributed by atoms with van der Waals surface area (Å²) >= 11 is 5.99. The molecule has 1 heterocycles. The SMILES string of the molecule is COc1ccc(Nc2ccc(C(=O)Nc3cc(Cl)ccc3C)nc2)cc1OC. The number of rotatable bonds is 6. The molecule has 1 amide bonds. The van der Waals surface area contributed by atoms with Gasteiger partial charge in [-0.15, -0.1) is 0 Å². The number of benzene rings is 2. The van der Waals surface area contributed by atoms with E-state index in [1.165, 1.54) is 0 Å². The van der Waals surface area contributed by atoms with Crippen LogP contribution in [-0.2, 0) is 0 Å². The van der Waals surface area contributed by atoms with E-state index in [9.17, 15) is 4.79 Å². The highest BCUT2D eigenvalue weighted by Crippen LogP contribution is 2.31. The third-order valence-corrected chi connectivity index (χ3v) is 4.35. The van der Waals surface area contributed by atoms with Gasteiger partial charge in [-0.3, -0.25) is 4.79 Å². The van der Waals surface area contributed by atoms with Gasteiger partial charge in [-0.05, 0) is 48.9 Å². The van der Waals surface area contributed by atoms with Crippen molar-refractivity contribution in [1.29, 1.82) is 0 Å². The first kappa shape index (κ1) is 19.5. The monoisotopic (exact) mass is 397 g/mol. The zero-order valence-corrected chi connectivity index (χ0v) is 16.5. The van der Waals surface area contributed by atoms with Gasteiger partial charge in [0.2, 0.25) is 0 Å². The number of nitrogens with zero attached hydrogens (tertiary/aromatic N) is 1. The third-order valence-electron chi connectivity index (χ3n) is 4.12. The van der Waals surface area contributed by atoms with E-state index < -0.39 is 0 Å². The maximum atomic E-state index is 12.4. The molecule has 28 heavy (non-hydrogen) atoms. The van der Waals surface area contributed by atoms with Crippen molar-refractivity contribution >= 4 is 34.6 Å². The number of aromatic nitrogens is 1. The zero-order chi connectivity index (χ0) is 20.1. The van der Waals surface area contributed by atoms with Gasteiger partial charge in [0.05, 0.1) is 26.1 Å². The highest BCUT2D eigenvalue weighted by Gasteiger charge is 2.10. The maximum absolute atomic E-state index is 12.4. The number of carbonyl (C=O) groups excluding carboxylic acids is 1. The standard InChI is InChI=1S/C21H20ClN3O3/c1-13-4-5-14(22)10-18(13)25-21(26)17-8-6-16(12-23-17)24-15-7-9-19(27-2)20(11-15)28-3/h4-12,24H,1-3H3,(H,25,26). The van der Waals surface area contributed by atoms with Crippen molar-refractivity contribution in [2.45, 2.75) is 6.92 Å². The van der Waals surface area contributed by atoms with Crippen LogP contribution in [0.1, 0.15) is 16.1 Å². The van der Waals surface area contributed by atoms with Crippen molar-refractivity contribution in [3.63, 3.8) is 0 Å². The van der Waals surface area contributed by atoms with Crippen molar-refractivity contribution < 1.29 is 14.3 Å². The van der Waals surface area contributed by atoms with Gasteiger partial charge in [0.25, 0.3) is 5.91 Å². The molecule has 2 aromatic carbocycles. The van der Waals surface area contributed by atoms with E-state index in [1.807, 2.05) is 31.2 Å². The molecule has 0 saturated carbocycles. The van der Waals surface area contributed by atoms with Crippen LogP contribution < -0.4 is 20.1 Å². The molecule has 0 atom stereocenters. The van der Waals surface area contributed by atoms with Crippen LogP contribution in [0.3, 0.4) is 0 Å². The Labute approximate surface area is 168 Å². The average molecular weight is 398 g/mol. The first-order valence-electron chi connectivity index (χ1n) is 8.53. The molecule has 0 aliphatic carbocycles. The fourth-order valence-electron chi connectivity index (χ4n) is 2.60. The Morgan fingerprint density at radius 2 is 1.71 bits per heavy atom. The van der Waals surface area contributed by atoms with Crippen molar-refractivity contribution in [1.82, 2.24) is 4.98 Å². The second kappa shape index (κ2) is 8.63. The molecule has 0 radical (unpaired) electrons. The molecule has 0 aliphatic rings. The molecule has 0 bridgehead atoms.